The zero-order chi connectivity index (χ0) is 32.8. The van der Waals surface area contributed by atoms with Crippen molar-refractivity contribution < 1.29 is 0 Å². The second kappa shape index (κ2) is 10.4. The van der Waals surface area contributed by atoms with Crippen LogP contribution >= 0.6 is 0 Å². The Kier molecular flexibility index (Phi) is 5.70. The van der Waals surface area contributed by atoms with Crippen LogP contribution in [0.4, 0.5) is 0 Å². The average Bonchev–Trinajstić information content (AvgIpc) is 3.71. The molecule has 50 heavy (non-hydrogen) atoms. The summed E-state index contributed by atoms with van der Waals surface area (Å²) in [5.74, 6) is 0. The Morgan fingerprint density at radius 2 is 0.640 bits per heavy atom. The number of hydrogen-bond donors (Lipinski definition) is 0. The molecule has 0 aliphatic rings. The molecular formula is C48H30N2. The highest BCUT2D eigenvalue weighted by atomic mass is 15.0. The average molecular weight is 635 g/mol. The summed E-state index contributed by atoms with van der Waals surface area (Å²) in [7, 11) is 0. The van der Waals surface area contributed by atoms with Crippen molar-refractivity contribution in [2.45, 2.75) is 0 Å². The lowest BCUT2D eigenvalue weighted by Gasteiger charge is -2.14. The normalized spacial score (nSPS) is 12.0. The van der Waals surface area contributed by atoms with Crippen LogP contribution in [0.5, 0.6) is 0 Å². The Hall–Kier alpha value is -6.64. The first-order valence-electron chi connectivity index (χ1n) is 17.3. The molecule has 232 valence electrons. The summed E-state index contributed by atoms with van der Waals surface area (Å²) in [5, 5.41) is 12.8. The van der Waals surface area contributed by atoms with E-state index in [0.29, 0.717) is 0 Å². The van der Waals surface area contributed by atoms with Crippen molar-refractivity contribution in [3.8, 4) is 22.5 Å². The zero-order valence-electron chi connectivity index (χ0n) is 27.2. The largest absolute Gasteiger partial charge is 0.309 e. The minimum absolute atomic E-state index is 1.17. The van der Waals surface area contributed by atoms with E-state index in [2.05, 4.69) is 191 Å². The molecular weight excluding hydrogens is 605 g/mol. The quantitative estimate of drug-likeness (QED) is 0.171. The Bertz CT molecular complexity index is 3110. The molecule has 11 rings (SSSR count). The maximum Gasteiger partial charge on any atom is 0.0547 e. The van der Waals surface area contributed by atoms with Crippen molar-refractivity contribution in [2.24, 2.45) is 0 Å². The summed E-state index contributed by atoms with van der Waals surface area (Å²) in [6.45, 7) is 0. The van der Waals surface area contributed by atoms with Gasteiger partial charge >= 0.3 is 0 Å². The summed E-state index contributed by atoms with van der Waals surface area (Å²) < 4.78 is 4.87. The van der Waals surface area contributed by atoms with Gasteiger partial charge in [0, 0.05) is 32.9 Å². The number of nitrogens with zero attached hydrogens (tertiary/aromatic N) is 2. The van der Waals surface area contributed by atoms with Crippen molar-refractivity contribution in [3.05, 3.63) is 182 Å². The first-order chi connectivity index (χ1) is 24.8. The van der Waals surface area contributed by atoms with E-state index in [1.54, 1.807) is 0 Å². The number of aromatic nitrogens is 2. The lowest BCUT2D eigenvalue weighted by atomic mass is 9.94. The maximum atomic E-state index is 2.46. The van der Waals surface area contributed by atoms with Crippen molar-refractivity contribution >= 4 is 75.9 Å². The molecule has 0 radical (unpaired) electrons. The molecule has 0 saturated heterocycles. The van der Waals surface area contributed by atoms with Crippen LogP contribution in [0, 0.1) is 0 Å². The van der Waals surface area contributed by atoms with Gasteiger partial charge in [-0.05, 0) is 92.0 Å². The van der Waals surface area contributed by atoms with Crippen LogP contribution in [0.1, 0.15) is 0 Å². The third kappa shape index (κ3) is 3.73. The maximum absolute atomic E-state index is 2.46. The van der Waals surface area contributed by atoms with Crippen LogP contribution in [0.15, 0.2) is 182 Å². The fourth-order valence-electron chi connectivity index (χ4n) is 8.66. The predicted molar refractivity (Wildman–Crippen MR) is 213 cm³/mol. The van der Waals surface area contributed by atoms with Gasteiger partial charge in [0.1, 0.15) is 0 Å². The first kappa shape index (κ1) is 27.3. The van der Waals surface area contributed by atoms with Gasteiger partial charge in [-0.3, -0.25) is 0 Å². The number of hydrogen-bond acceptors (Lipinski definition) is 0. The predicted octanol–water partition coefficient (Wildman–Crippen LogP) is 13.0. The molecule has 0 aliphatic heterocycles. The van der Waals surface area contributed by atoms with E-state index < -0.39 is 0 Å². The van der Waals surface area contributed by atoms with Crippen molar-refractivity contribution in [2.75, 3.05) is 0 Å². The Morgan fingerprint density at radius 1 is 0.240 bits per heavy atom. The van der Waals surface area contributed by atoms with Crippen LogP contribution in [-0.4, -0.2) is 9.13 Å². The van der Waals surface area contributed by atoms with Gasteiger partial charge in [0.05, 0.1) is 22.1 Å². The van der Waals surface area contributed by atoms with Gasteiger partial charge in [0.25, 0.3) is 0 Å². The Labute approximate surface area is 288 Å². The van der Waals surface area contributed by atoms with Crippen molar-refractivity contribution in [1.82, 2.24) is 9.13 Å². The van der Waals surface area contributed by atoms with Crippen LogP contribution < -0.4 is 0 Å². The molecule has 2 heterocycles. The van der Waals surface area contributed by atoms with E-state index in [-0.39, 0.29) is 0 Å². The molecule has 2 aromatic heterocycles. The minimum atomic E-state index is 1.17. The second-order valence-corrected chi connectivity index (χ2v) is 13.3. The highest BCUT2D eigenvalue weighted by molar-refractivity contribution is 6.26. The summed E-state index contributed by atoms with van der Waals surface area (Å²) in [6.07, 6.45) is 0. The summed E-state index contributed by atoms with van der Waals surface area (Å²) in [6, 6.07) is 66.7. The summed E-state index contributed by atoms with van der Waals surface area (Å²) in [4.78, 5) is 0. The number of fused-ring (bicyclic) bond motifs is 12. The van der Waals surface area contributed by atoms with Gasteiger partial charge in [-0.25, -0.2) is 0 Å². The second-order valence-electron chi connectivity index (χ2n) is 13.3. The molecule has 11 aromatic rings. The van der Waals surface area contributed by atoms with Crippen molar-refractivity contribution in [1.29, 1.82) is 0 Å². The van der Waals surface area contributed by atoms with E-state index in [4.69, 9.17) is 0 Å². The van der Waals surface area contributed by atoms with Crippen LogP contribution in [0.2, 0.25) is 0 Å². The van der Waals surface area contributed by atoms with E-state index in [1.807, 2.05) is 0 Å². The molecule has 0 spiro atoms. The smallest absolute Gasteiger partial charge is 0.0547 e. The Balaban J connectivity index is 1.23. The molecule has 9 aromatic carbocycles. The van der Waals surface area contributed by atoms with E-state index in [0.717, 1.165) is 0 Å². The highest BCUT2D eigenvalue weighted by Gasteiger charge is 2.21. The molecule has 0 N–H and O–H groups in total. The lowest BCUT2D eigenvalue weighted by Crippen LogP contribution is -1.94. The monoisotopic (exact) mass is 634 g/mol. The highest BCUT2D eigenvalue weighted by Crippen LogP contribution is 2.44. The number of rotatable bonds is 3. The minimum Gasteiger partial charge on any atom is -0.309 e. The van der Waals surface area contributed by atoms with Gasteiger partial charge in [-0.2, -0.15) is 0 Å². The fourth-order valence-corrected chi connectivity index (χ4v) is 8.66. The Morgan fingerprint density at radius 3 is 1.18 bits per heavy atom. The van der Waals surface area contributed by atoms with Crippen LogP contribution in [-0.2, 0) is 0 Å². The number of benzene rings is 9. The molecule has 0 aliphatic carbocycles. The third-order valence-corrected chi connectivity index (χ3v) is 10.7. The van der Waals surface area contributed by atoms with Gasteiger partial charge in [-0.15, -0.1) is 0 Å². The van der Waals surface area contributed by atoms with Gasteiger partial charge in [0.2, 0.25) is 0 Å². The van der Waals surface area contributed by atoms with Gasteiger partial charge in [-0.1, -0.05) is 133 Å². The topological polar surface area (TPSA) is 9.86 Å². The molecule has 0 saturated carbocycles. The molecule has 2 heteroatoms. The zero-order valence-corrected chi connectivity index (χ0v) is 27.2. The van der Waals surface area contributed by atoms with Crippen LogP contribution in [0.25, 0.3) is 98.4 Å². The van der Waals surface area contributed by atoms with E-state index in [1.165, 1.54) is 98.4 Å². The van der Waals surface area contributed by atoms with Gasteiger partial charge in [0.15, 0.2) is 0 Å². The van der Waals surface area contributed by atoms with E-state index in [9.17, 15) is 0 Å². The number of para-hydroxylation sites is 3. The van der Waals surface area contributed by atoms with Crippen molar-refractivity contribution in [3.63, 3.8) is 0 Å². The van der Waals surface area contributed by atoms with E-state index >= 15 is 0 Å². The standard InChI is InChI=1S/C48H30N2/c1-2-14-31(15-3-1)49-43-24-10-8-20-40(43)47-38(22-12-26-45(47)49)39-23-13-27-46-48(39)41-21-9-11-25-44(41)50(46)32-28-29-37-35-18-5-4-16-33(35)34-17-6-7-19-36(34)42(37)30-32/h1-30H. The van der Waals surface area contributed by atoms with Gasteiger partial charge < -0.3 is 9.13 Å². The molecule has 0 unspecified atom stereocenters. The summed E-state index contributed by atoms with van der Waals surface area (Å²) in [5.41, 5.74) is 9.67. The van der Waals surface area contributed by atoms with Crippen LogP contribution in [0.3, 0.4) is 0 Å². The summed E-state index contributed by atoms with van der Waals surface area (Å²) >= 11 is 0. The lowest BCUT2D eigenvalue weighted by molar-refractivity contribution is 1.18. The molecule has 0 bridgehead atoms. The SMILES string of the molecule is c1ccc(-n2c3ccccc3c3c(-c4cccc5c4c4ccccc4n5-c4ccc5c6ccccc6c6ccccc6c5c4)cccc32)cc1. The third-order valence-electron chi connectivity index (χ3n) is 10.7. The molecule has 0 fully saturated rings. The molecule has 2 nitrogen and oxygen atoms in total. The molecule has 0 atom stereocenters. The molecule has 0 amide bonds. The fraction of sp³-hybridized carbons (Fsp3) is 0. The first-order valence-corrected chi connectivity index (χ1v) is 17.3.